The zero-order valence-electron chi connectivity index (χ0n) is 17.1. The lowest BCUT2D eigenvalue weighted by Gasteiger charge is -2.35. The number of hydrogen-bond donors (Lipinski definition) is 1. The van der Waals surface area contributed by atoms with Crippen LogP contribution in [0.25, 0.3) is 0 Å². The van der Waals surface area contributed by atoms with E-state index in [-0.39, 0.29) is 11.8 Å². The molecular weight excluding hydrogens is 420 g/mol. The van der Waals surface area contributed by atoms with Crippen molar-refractivity contribution >= 4 is 27.1 Å². The van der Waals surface area contributed by atoms with Crippen LogP contribution in [-0.2, 0) is 14.8 Å². The van der Waals surface area contributed by atoms with Crippen molar-refractivity contribution in [3.63, 3.8) is 0 Å². The summed E-state index contributed by atoms with van der Waals surface area (Å²) in [6, 6.07) is 13.4. The van der Waals surface area contributed by atoms with Crippen molar-refractivity contribution in [1.82, 2.24) is 4.31 Å². The molecule has 2 saturated heterocycles. The summed E-state index contributed by atoms with van der Waals surface area (Å²) < 4.78 is 32.7. The van der Waals surface area contributed by atoms with E-state index in [1.165, 1.54) is 10.4 Å². The normalized spacial score (nSPS) is 20.0. The van der Waals surface area contributed by atoms with Gasteiger partial charge in [0.25, 0.3) is 5.69 Å². The molecule has 4 rings (SSSR count). The van der Waals surface area contributed by atoms with Gasteiger partial charge in [-0.3, -0.25) is 10.1 Å². The minimum atomic E-state index is -3.52. The number of rotatable bonds is 7. The highest BCUT2D eigenvalue weighted by Gasteiger charge is 2.29. The zero-order valence-corrected chi connectivity index (χ0v) is 18.0. The van der Waals surface area contributed by atoms with Crippen molar-refractivity contribution in [3.8, 4) is 0 Å². The van der Waals surface area contributed by atoms with E-state index in [9.17, 15) is 18.5 Å². The molecular formula is C21H26N4O5S. The summed E-state index contributed by atoms with van der Waals surface area (Å²) in [6.45, 7) is 2.97. The van der Waals surface area contributed by atoms with Gasteiger partial charge in [-0.15, -0.1) is 0 Å². The highest BCUT2D eigenvalue weighted by atomic mass is 32.2. The van der Waals surface area contributed by atoms with Gasteiger partial charge < -0.3 is 15.0 Å². The number of sulfonamides is 1. The van der Waals surface area contributed by atoms with Gasteiger partial charge in [-0.1, -0.05) is 18.2 Å². The molecule has 2 aliphatic rings. The summed E-state index contributed by atoms with van der Waals surface area (Å²) in [6.07, 6.45) is 2.01. The van der Waals surface area contributed by atoms with E-state index in [0.717, 1.165) is 25.1 Å². The lowest BCUT2D eigenvalue weighted by molar-refractivity contribution is -0.383. The molecule has 2 aromatic carbocycles. The molecule has 2 fully saturated rings. The Morgan fingerprint density at radius 2 is 1.84 bits per heavy atom. The Morgan fingerprint density at radius 1 is 1.10 bits per heavy atom. The molecule has 31 heavy (non-hydrogen) atoms. The average molecular weight is 447 g/mol. The molecule has 2 aliphatic heterocycles. The maximum Gasteiger partial charge on any atom is 0.292 e. The minimum Gasteiger partial charge on any atom is -0.377 e. The van der Waals surface area contributed by atoms with E-state index < -0.39 is 14.9 Å². The topological polar surface area (TPSA) is 105 Å². The third-order valence-corrected chi connectivity index (χ3v) is 7.62. The number of anilines is 2. The van der Waals surface area contributed by atoms with Crippen LogP contribution in [0, 0.1) is 10.1 Å². The van der Waals surface area contributed by atoms with E-state index in [4.69, 9.17) is 4.74 Å². The molecule has 0 spiro atoms. The second kappa shape index (κ2) is 9.21. The standard InChI is InChI=1S/C21H26N4O5S/c26-25(27)21-9-8-17(15-20(21)22-16-18-5-4-14-30-18)23-10-12-24(13-11-23)31(28,29)19-6-2-1-3-7-19/h1-3,6-9,15,18,22H,4-5,10-14,16H2/t18-/m1/s1. The fourth-order valence-electron chi connectivity index (χ4n) is 3.98. The van der Waals surface area contributed by atoms with E-state index in [1.54, 1.807) is 42.5 Å². The first-order valence-electron chi connectivity index (χ1n) is 10.4. The van der Waals surface area contributed by atoms with E-state index in [2.05, 4.69) is 10.2 Å². The minimum absolute atomic E-state index is 0.0204. The second-order valence-corrected chi connectivity index (χ2v) is 9.62. The van der Waals surface area contributed by atoms with Gasteiger partial charge in [0.1, 0.15) is 5.69 Å². The molecule has 9 nitrogen and oxygen atoms in total. The predicted molar refractivity (Wildman–Crippen MR) is 118 cm³/mol. The van der Waals surface area contributed by atoms with Crippen molar-refractivity contribution < 1.29 is 18.1 Å². The maximum atomic E-state index is 12.8. The molecule has 0 unspecified atom stereocenters. The van der Waals surface area contributed by atoms with Gasteiger partial charge in [0.15, 0.2) is 0 Å². The van der Waals surface area contributed by atoms with Gasteiger partial charge >= 0.3 is 0 Å². The zero-order chi connectivity index (χ0) is 21.8. The SMILES string of the molecule is O=[N+]([O-])c1ccc(N2CCN(S(=O)(=O)c3ccccc3)CC2)cc1NC[C@H]1CCCO1. The molecule has 0 bridgehead atoms. The molecule has 2 heterocycles. The van der Waals surface area contributed by atoms with Gasteiger partial charge in [0.2, 0.25) is 10.0 Å². The van der Waals surface area contributed by atoms with Crippen LogP contribution in [0.4, 0.5) is 17.1 Å². The molecule has 0 aromatic heterocycles. The fourth-order valence-corrected chi connectivity index (χ4v) is 5.42. The Labute approximate surface area is 181 Å². The highest BCUT2D eigenvalue weighted by molar-refractivity contribution is 7.89. The first kappa shape index (κ1) is 21.5. The number of nitro groups is 1. The highest BCUT2D eigenvalue weighted by Crippen LogP contribution is 2.31. The summed E-state index contributed by atoms with van der Waals surface area (Å²) in [5.74, 6) is 0. The van der Waals surface area contributed by atoms with Gasteiger partial charge in [-0.25, -0.2) is 8.42 Å². The number of nitrogens with one attached hydrogen (secondary N) is 1. The largest absolute Gasteiger partial charge is 0.377 e. The maximum absolute atomic E-state index is 12.8. The van der Waals surface area contributed by atoms with Crippen molar-refractivity contribution in [2.24, 2.45) is 0 Å². The molecule has 10 heteroatoms. The van der Waals surface area contributed by atoms with Gasteiger partial charge in [0, 0.05) is 51.1 Å². The molecule has 2 aromatic rings. The van der Waals surface area contributed by atoms with Crippen LogP contribution < -0.4 is 10.2 Å². The molecule has 0 radical (unpaired) electrons. The smallest absolute Gasteiger partial charge is 0.292 e. The Balaban J connectivity index is 1.45. The van der Waals surface area contributed by atoms with Gasteiger partial charge in [-0.05, 0) is 37.1 Å². The van der Waals surface area contributed by atoms with Crippen LogP contribution >= 0.6 is 0 Å². The Morgan fingerprint density at radius 3 is 2.48 bits per heavy atom. The summed E-state index contributed by atoms with van der Waals surface area (Å²) in [7, 11) is -3.52. The van der Waals surface area contributed by atoms with Crippen LogP contribution in [0.3, 0.4) is 0 Å². The van der Waals surface area contributed by atoms with E-state index in [0.29, 0.717) is 43.3 Å². The Kier molecular flexibility index (Phi) is 6.40. The summed E-state index contributed by atoms with van der Waals surface area (Å²) >= 11 is 0. The summed E-state index contributed by atoms with van der Waals surface area (Å²) in [4.78, 5) is 13.4. The van der Waals surface area contributed by atoms with Gasteiger partial charge in [0.05, 0.1) is 15.9 Å². The first-order chi connectivity index (χ1) is 14.9. The molecule has 0 amide bonds. The number of hydrogen-bond acceptors (Lipinski definition) is 7. The van der Waals surface area contributed by atoms with Crippen LogP contribution in [-0.4, -0.2) is 63.1 Å². The lowest BCUT2D eigenvalue weighted by Crippen LogP contribution is -2.48. The van der Waals surface area contributed by atoms with E-state index >= 15 is 0 Å². The predicted octanol–water partition coefficient (Wildman–Crippen LogP) is 2.70. The summed E-state index contributed by atoms with van der Waals surface area (Å²) in [5, 5.41) is 14.6. The van der Waals surface area contributed by atoms with Crippen LogP contribution in [0.1, 0.15) is 12.8 Å². The number of piperazine rings is 1. The number of benzene rings is 2. The van der Waals surface area contributed by atoms with E-state index in [1.807, 2.05) is 0 Å². The second-order valence-electron chi connectivity index (χ2n) is 7.68. The lowest BCUT2D eigenvalue weighted by atomic mass is 10.2. The Hall–Kier alpha value is -2.69. The molecule has 0 saturated carbocycles. The third-order valence-electron chi connectivity index (χ3n) is 5.71. The van der Waals surface area contributed by atoms with Crippen LogP contribution in [0.2, 0.25) is 0 Å². The quantitative estimate of drug-likeness (QED) is 0.515. The van der Waals surface area contributed by atoms with Crippen molar-refractivity contribution in [2.45, 2.75) is 23.8 Å². The third kappa shape index (κ3) is 4.81. The number of ether oxygens (including phenoxy) is 1. The molecule has 0 aliphatic carbocycles. The Bertz CT molecular complexity index is 1020. The molecule has 166 valence electrons. The van der Waals surface area contributed by atoms with Crippen molar-refractivity contribution in [3.05, 3.63) is 58.6 Å². The van der Waals surface area contributed by atoms with Crippen LogP contribution in [0.15, 0.2) is 53.4 Å². The van der Waals surface area contributed by atoms with Crippen molar-refractivity contribution in [2.75, 3.05) is 49.5 Å². The summed E-state index contributed by atoms with van der Waals surface area (Å²) in [5.41, 5.74) is 1.31. The van der Waals surface area contributed by atoms with Gasteiger partial charge in [-0.2, -0.15) is 4.31 Å². The monoisotopic (exact) mass is 446 g/mol. The van der Waals surface area contributed by atoms with Crippen LogP contribution in [0.5, 0.6) is 0 Å². The molecule has 1 atom stereocenters. The first-order valence-corrected chi connectivity index (χ1v) is 11.8. The average Bonchev–Trinajstić information content (AvgIpc) is 3.32. The fraction of sp³-hybridized carbons (Fsp3) is 0.429. The van der Waals surface area contributed by atoms with Crippen molar-refractivity contribution in [1.29, 1.82) is 0 Å². The number of nitrogens with zero attached hydrogens (tertiary/aromatic N) is 3. The molecule has 1 N–H and O–H groups in total. The number of nitro benzene ring substituents is 1.